The largest absolute Gasteiger partial charge is 0.467 e. The normalized spacial score (nSPS) is 17.1. The van der Waals surface area contributed by atoms with Crippen LogP contribution in [0.1, 0.15) is 29.4 Å². The monoisotopic (exact) mass is 389 g/mol. The summed E-state index contributed by atoms with van der Waals surface area (Å²) in [5.74, 6) is 0.312. The highest BCUT2D eigenvalue weighted by atomic mass is 32.2. The zero-order chi connectivity index (χ0) is 19.2. The van der Waals surface area contributed by atoms with Crippen molar-refractivity contribution < 1.29 is 14.3 Å². The van der Waals surface area contributed by atoms with E-state index in [2.05, 4.69) is 20.3 Å². The van der Waals surface area contributed by atoms with Gasteiger partial charge < -0.3 is 19.9 Å². The fourth-order valence-electron chi connectivity index (χ4n) is 3.24. The summed E-state index contributed by atoms with van der Waals surface area (Å²) in [5, 5.41) is 2.84. The second kappa shape index (κ2) is 8.90. The number of nitrogens with zero attached hydrogens (tertiary/aromatic N) is 3. The van der Waals surface area contributed by atoms with Gasteiger partial charge in [0.05, 0.1) is 19.1 Å². The molecule has 0 fully saturated rings. The number of carbonyl (C=O) groups excluding carboxylic acids is 2. The van der Waals surface area contributed by atoms with Gasteiger partial charge in [-0.2, -0.15) is 11.8 Å². The van der Waals surface area contributed by atoms with Crippen LogP contribution in [0.4, 0.5) is 4.79 Å². The number of pyridine rings is 1. The van der Waals surface area contributed by atoms with Crippen molar-refractivity contribution >= 4 is 23.8 Å². The number of ether oxygens (including phenoxy) is 1. The molecule has 3 heterocycles. The smallest absolute Gasteiger partial charge is 0.328 e. The van der Waals surface area contributed by atoms with Crippen LogP contribution in [-0.2, 0) is 16.0 Å². The van der Waals surface area contributed by atoms with Gasteiger partial charge in [-0.3, -0.25) is 4.98 Å². The molecule has 2 atom stereocenters. The summed E-state index contributed by atoms with van der Waals surface area (Å²) >= 11 is 1.62. The van der Waals surface area contributed by atoms with E-state index in [0.717, 1.165) is 22.7 Å². The molecule has 0 aromatic carbocycles. The van der Waals surface area contributed by atoms with Crippen LogP contribution in [-0.4, -0.2) is 63.6 Å². The molecule has 0 saturated carbocycles. The quantitative estimate of drug-likeness (QED) is 0.730. The Hall–Kier alpha value is -2.55. The van der Waals surface area contributed by atoms with E-state index >= 15 is 0 Å². The number of carbonyl (C=O) groups is 2. The number of hydrogen-bond acceptors (Lipinski definition) is 6. The summed E-state index contributed by atoms with van der Waals surface area (Å²) < 4.78 is 4.85. The number of aromatic amines is 1. The Labute approximate surface area is 162 Å². The molecule has 27 heavy (non-hydrogen) atoms. The van der Waals surface area contributed by atoms with Crippen LogP contribution in [0, 0.1) is 0 Å². The molecule has 0 radical (unpaired) electrons. The van der Waals surface area contributed by atoms with Gasteiger partial charge in [0.15, 0.2) is 0 Å². The minimum atomic E-state index is -0.673. The van der Waals surface area contributed by atoms with E-state index in [1.807, 2.05) is 18.4 Å². The minimum Gasteiger partial charge on any atom is -0.467 e. The van der Waals surface area contributed by atoms with Crippen LogP contribution in [0.5, 0.6) is 0 Å². The number of nitrogens with one attached hydrogen (secondary N) is 2. The molecule has 144 valence electrons. The topological polar surface area (TPSA) is 100 Å². The van der Waals surface area contributed by atoms with Crippen molar-refractivity contribution in [3.63, 3.8) is 0 Å². The Kier molecular flexibility index (Phi) is 6.33. The van der Waals surface area contributed by atoms with Crippen LogP contribution in [0.3, 0.4) is 0 Å². The zero-order valence-electron chi connectivity index (χ0n) is 15.3. The number of methoxy groups -OCH3 is 1. The van der Waals surface area contributed by atoms with Gasteiger partial charge in [0.1, 0.15) is 12.1 Å². The predicted molar refractivity (Wildman–Crippen MR) is 102 cm³/mol. The van der Waals surface area contributed by atoms with Crippen molar-refractivity contribution in [3.8, 4) is 0 Å². The number of hydrogen-bond donors (Lipinski definition) is 2. The molecule has 2 aromatic rings. The van der Waals surface area contributed by atoms with Crippen LogP contribution in [0.25, 0.3) is 0 Å². The molecule has 0 saturated heterocycles. The maximum Gasteiger partial charge on any atom is 0.328 e. The van der Waals surface area contributed by atoms with Crippen molar-refractivity contribution in [3.05, 3.63) is 47.8 Å². The van der Waals surface area contributed by atoms with Gasteiger partial charge in [-0.25, -0.2) is 14.6 Å². The molecule has 0 spiro atoms. The third-order valence-electron chi connectivity index (χ3n) is 4.60. The molecule has 0 aliphatic carbocycles. The lowest BCUT2D eigenvalue weighted by molar-refractivity contribution is -0.142. The summed E-state index contributed by atoms with van der Waals surface area (Å²) in [6.07, 6.45) is 8.19. The number of aromatic nitrogens is 3. The Morgan fingerprint density at radius 1 is 1.44 bits per heavy atom. The molecule has 1 aliphatic heterocycles. The first-order valence-corrected chi connectivity index (χ1v) is 10.1. The summed E-state index contributed by atoms with van der Waals surface area (Å²) in [6.45, 7) is 0.518. The lowest BCUT2D eigenvalue weighted by Crippen LogP contribution is -2.51. The molecule has 1 aliphatic rings. The van der Waals surface area contributed by atoms with Gasteiger partial charge in [-0.1, -0.05) is 0 Å². The fraction of sp³-hybridized carbons (Fsp3) is 0.444. The van der Waals surface area contributed by atoms with Gasteiger partial charge in [0.2, 0.25) is 0 Å². The molecule has 2 amide bonds. The molecule has 0 unspecified atom stereocenters. The highest BCUT2D eigenvalue weighted by molar-refractivity contribution is 7.98. The van der Waals surface area contributed by atoms with Gasteiger partial charge in [-0.05, 0) is 36.1 Å². The summed E-state index contributed by atoms with van der Waals surface area (Å²) in [4.78, 5) is 38.5. The molecule has 0 bridgehead atoms. The number of H-pyrrole nitrogens is 1. The molecule has 2 N–H and O–H groups in total. The van der Waals surface area contributed by atoms with E-state index in [1.165, 1.54) is 7.11 Å². The molecule has 9 heteroatoms. The van der Waals surface area contributed by atoms with Gasteiger partial charge in [0, 0.05) is 31.1 Å². The number of fused-ring (bicyclic) bond motifs is 1. The highest BCUT2D eigenvalue weighted by Gasteiger charge is 2.35. The van der Waals surface area contributed by atoms with E-state index in [1.54, 1.807) is 35.4 Å². The van der Waals surface area contributed by atoms with Crippen molar-refractivity contribution in [2.45, 2.75) is 24.9 Å². The van der Waals surface area contributed by atoms with Gasteiger partial charge in [0.25, 0.3) is 0 Å². The van der Waals surface area contributed by atoms with Crippen LogP contribution < -0.4 is 5.32 Å². The second-order valence-corrected chi connectivity index (χ2v) is 7.19. The molecular formula is C18H23N5O3S. The van der Waals surface area contributed by atoms with E-state index in [0.29, 0.717) is 19.4 Å². The van der Waals surface area contributed by atoms with Crippen molar-refractivity contribution in [2.24, 2.45) is 0 Å². The number of amides is 2. The van der Waals surface area contributed by atoms with Gasteiger partial charge in [-0.15, -0.1) is 0 Å². The minimum absolute atomic E-state index is 0.304. The number of thioether (sulfide) groups is 1. The number of rotatable bonds is 6. The lowest BCUT2D eigenvalue weighted by atomic mass is 9.97. The van der Waals surface area contributed by atoms with Crippen LogP contribution >= 0.6 is 11.8 Å². The first-order valence-electron chi connectivity index (χ1n) is 8.71. The van der Waals surface area contributed by atoms with Crippen molar-refractivity contribution in [2.75, 3.05) is 25.7 Å². The summed E-state index contributed by atoms with van der Waals surface area (Å²) in [5.41, 5.74) is 2.76. The third-order valence-corrected chi connectivity index (χ3v) is 5.25. The molecular weight excluding hydrogens is 366 g/mol. The highest BCUT2D eigenvalue weighted by Crippen LogP contribution is 2.33. The molecule has 8 nitrogen and oxygen atoms in total. The van der Waals surface area contributed by atoms with Crippen molar-refractivity contribution in [1.29, 1.82) is 0 Å². The average molecular weight is 389 g/mol. The van der Waals surface area contributed by atoms with Crippen molar-refractivity contribution in [1.82, 2.24) is 25.2 Å². The van der Waals surface area contributed by atoms with E-state index in [4.69, 9.17) is 4.74 Å². The summed E-state index contributed by atoms with van der Waals surface area (Å²) in [6, 6.07) is 2.44. The SMILES string of the molecule is COC(=O)[C@@H](CCSC)NC(=O)N1CCc2[nH]cnc2[C@@H]1c1ccncc1. The second-order valence-electron chi connectivity index (χ2n) is 6.20. The third kappa shape index (κ3) is 4.24. The Morgan fingerprint density at radius 3 is 2.93 bits per heavy atom. The Balaban J connectivity index is 1.85. The molecule has 3 rings (SSSR count). The maximum atomic E-state index is 13.1. The van der Waals surface area contributed by atoms with Gasteiger partial charge >= 0.3 is 12.0 Å². The van der Waals surface area contributed by atoms with E-state index in [-0.39, 0.29) is 12.1 Å². The number of urea groups is 1. The average Bonchev–Trinajstić information content (AvgIpc) is 3.19. The summed E-state index contributed by atoms with van der Waals surface area (Å²) in [7, 11) is 1.33. The fourth-order valence-corrected chi connectivity index (χ4v) is 3.71. The lowest BCUT2D eigenvalue weighted by Gasteiger charge is -2.36. The van der Waals surface area contributed by atoms with Crippen LogP contribution in [0.15, 0.2) is 30.9 Å². The first-order chi connectivity index (χ1) is 13.2. The number of esters is 1. The maximum absolute atomic E-state index is 13.1. The van der Waals surface area contributed by atoms with Crippen LogP contribution in [0.2, 0.25) is 0 Å². The number of imidazole rings is 1. The zero-order valence-corrected chi connectivity index (χ0v) is 16.2. The standard InChI is InChI=1S/C18H23N5O3S/c1-26-17(24)14(6-10-27-2)22-18(25)23-9-5-13-15(21-11-20-13)16(23)12-3-7-19-8-4-12/h3-4,7-8,11,14,16H,5-6,9-10H2,1-2H3,(H,20,21)(H,22,25)/t14-,16+/m1/s1. The van der Waals surface area contributed by atoms with E-state index < -0.39 is 12.0 Å². The Bertz CT molecular complexity index is 782. The Morgan fingerprint density at radius 2 is 2.22 bits per heavy atom. The predicted octanol–water partition coefficient (Wildman–Crippen LogP) is 1.76. The van der Waals surface area contributed by atoms with E-state index in [9.17, 15) is 9.59 Å². The molecule has 2 aromatic heterocycles. The first kappa shape index (κ1) is 19.2.